The molecule has 3 rings (SSSR count). The van der Waals surface area contributed by atoms with Gasteiger partial charge in [-0.05, 0) is 24.3 Å². The predicted molar refractivity (Wildman–Crippen MR) is 84.1 cm³/mol. The van der Waals surface area contributed by atoms with E-state index >= 15 is 0 Å². The molecule has 12 heteroatoms. The summed E-state index contributed by atoms with van der Waals surface area (Å²) < 4.78 is 85.5. The van der Waals surface area contributed by atoms with E-state index in [4.69, 9.17) is 4.42 Å². The molecule has 0 aliphatic heterocycles. The largest absolute Gasteiger partial charge is 0.416 e. The summed E-state index contributed by atoms with van der Waals surface area (Å²) in [5.74, 6) is -10.1. The lowest BCUT2D eigenvalue weighted by Crippen LogP contribution is -2.12. The molecular formula is C16H8F4N2O5S. The predicted octanol–water partition coefficient (Wildman–Crippen LogP) is 2.92. The van der Waals surface area contributed by atoms with Crippen LogP contribution in [0.3, 0.4) is 0 Å². The molecule has 0 saturated carbocycles. The molecule has 0 atom stereocenters. The Morgan fingerprint density at radius 2 is 1.57 bits per heavy atom. The molecule has 0 radical (unpaired) electrons. The molecule has 28 heavy (non-hydrogen) atoms. The molecular weight excluding hydrogens is 408 g/mol. The number of rotatable bonds is 4. The van der Waals surface area contributed by atoms with Crippen molar-refractivity contribution in [3.8, 4) is 17.2 Å². The molecule has 0 fully saturated rings. The molecule has 0 spiro atoms. The Kier molecular flexibility index (Phi) is 4.89. The molecule has 0 saturated heterocycles. The van der Waals surface area contributed by atoms with E-state index in [2.05, 4.69) is 14.9 Å². The van der Waals surface area contributed by atoms with Crippen LogP contribution in [0, 0.1) is 23.3 Å². The van der Waals surface area contributed by atoms with Crippen LogP contribution in [0.15, 0.2) is 40.0 Å². The van der Waals surface area contributed by atoms with Crippen LogP contribution >= 0.6 is 0 Å². The van der Waals surface area contributed by atoms with Gasteiger partial charge in [0.15, 0.2) is 11.6 Å². The number of aromatic nitrogens is 2. The summed E-state index contributed by atoms with van der Waals surface area (Å²) in [6.07, 6.45) is 0.872. The number of nitrogens with zero attached hydrogens (tertiary/aromatic N) is 2. The van der Waals surface area contributed by atoms with E-state index < -0.39 is 50.0 Å². The first-order valence-electron chi connectivity index (χ1n) is 7.27. The van der Waals surface area contributed by atoms with Crippen LogP contribution in [0.2, 0.25) is 0 Å². The summed E-state index contributed by atoms with van der Waals surface area (Å²) in [6, 6.07) is 4.76. The number of hydrogen-bond donors (Lipinski definition) is 0. The Balaban J connectivity index is 1.85. The highest BCUT2D eigenvalue weighted by molar-refractivity contribution is 7.90. The van der Waals surface area contributed by atoms with Crippen LogP contribution in [-0.2, 0) is 9.84 Å². The Bertz CT molecular complexity index is 1150. The summed E-state index contributed by atoms with van der Waals surface area (Å²) in [5, 5.41) is 6.30. The van der Waals surface area contributed by atoms with E-state index in [0.717, 1.165) is 18.4 Å². The molecule has 0 N–H and O–H groups in total. The smallest absolute Gasteiger partial charge is 0.343 e. The number of hydrogen-bond acceptors (Lipinski definition) is 7. The van der Waals surface area contributed by atoms with Gasteiger partial charge in [0.05, 0.1) is 5.56 Å². The fourth-order valence-electron chi connectivity index (χ4n) is 2.02. The normalized spacial score (nSPS) is 11.5. The first kappa shape index (κ1) is 19.5. The average molecular weight is 416 g/mol. The molecule has 0 amide bonds. The van der Waals surface area contributed by atoms with Crippen LogP contribution in [0.4, 0.5) is 17.6 Å². The van der Waals surface area contributed by atoms with Crippen LogP contribution in [0.1, 0.15) is 10.4 Å². The van der Waals surface area contributed by atoms with E-state index in [1.807, 2.05) is 0 Å². The van der Waals surface area contributed by atoms with Crippen LogP contribution < -0.4 is 4.74 Å². The van der Waals surface area contributed by atoms with E-state index in [1.54, 1.807) is 0 Å². The van der Waals surface area contributed by atoms with Crippen molar-refractivity contribution in [2.75, 3.05) is 6.26 Å². The quantitative estimate of drug-likeness (QED) is 0.279. The van der Waals surface area contributed by atoms with Gasteiger partial charge in [-0.1, -0.05) is 5.10 Å². The molecule has 7 nitrogen and oxygen atoms in total. The Morgan fingerprint density at radius 3 is 2.07 bits per heavy atom. The highest BCUT2D eigenvalue weighted by Gasteiger charge is 2.24. The van der Waals surface area contributed by atoms with Gasteiger partial charge in [-0.15, -0.1) is 5.10 Å². The van der Waals surface area contributed by atoms with Crippen molar-refractivity contribution in [3.05, 3.63) is 59.2 Å². The van der Waals surface area contributed by atoms with Crippen LogP contribution in [-0.4, -0.2) is 30.8 Å². The maximum absolute atomic E-state index is 13.6. The van der Waals surface area contributed by atoms with E-state index in [1.165, 1.54) is 12.1 Å². The first-order chi connectivity index (χ1) is 13.1. The van der Waals surface area contributed by atoms with Crippen molar-refractivity contribution in [2.45, 2.75) is 5.22 Å². The van der Waals surface area contributed by atoms with Gasteiger partial charge < -0.3 is 9.15 Å². The second kappa shape index (κ2) is 7.03. The third kappa shape index (κ3) is 3.71. The number of esters is 1. The van der Waals surface area contributed by atoms with E-state index in [0.29, 0.717) is 0 Å². The summed E-state index contributed by atoms with van der Waals surface area (Å²) >= 11 is 0. The average Bonchev–Trinajstić information content (AvgIpc) is 3.14. The van der Waals surface area contributed by atoms with Gasteiger partial charge in [-0.2, -0.15) is 8.78 Å². The zero-order chi connectivity index (χ0) is 20.6. The topological polar surface area (TPSA) is 99.4 Å². The van der Waals surface area contributed by atoms with Gasteiger partial charge in [0.1, 0.15) is 0 Å². The lowest BCUT2D eigenvalue weighted by atomic mass is 10.1. The van der Waals surface area contributed by atoms with Crippen molar-refractivity contribution in [1.82, 2.24) is 10.2 Å². The van der Waals surface area contributed by atoms with Gasteiger partial charge >= 0.3 is 11.2 Å². The zero-order valence-corrected chi connectivity index (χ0v) is 14.6. The second-order valence-electron chi connectivity index (χ2n) is 5.41. The minimum absolute atomic E-state index is 0.0219. The third-order valence-corrected chi connectivity index (χ3v) is 4.16. The fourth-order valence-corrected chi connectivity index (χ4v) is 2.44. The van der Waals surface area contributed by atoms with E-state index in [-0.39, 0.29) is 23.1 Å². The van der Waals surface area contributed by atoms with Crippen molar-refractivity contribution in [3.63, 3.8) is 0 Å². The summed E-state index contributed by atoms with van der Waals surface area (Å²) in [7, 11) is -3.71. The van der Waals surface area contributed by atoms with Gasteiger partial charge in [-0.25, -0.2) is 22.0 Å². The molecule has 0 aliphatic carbocycles. The zero-order valence-electron chi connectivity index (χ0n) is 13.7. The fraction of sp³-hybridized carbons (Fsp3) is 0.0625. The molecule has 3 aromatic rings. The summed E-state index contributed by atoms with van der Waals surface area (Å²) in [4.78, 5) is 12.0. The maximum Gasteiger partial charge on any atom is 0.343 e. The van der Waals surface area contributed by atoms with Gasteiger partial charge in [-0.3, -0.25) is 0 Å². The molecule has 0 bridgehead atoms. The minimum Gasteiger partial charge on any atom is -0.416 e. The Hall–Kier alpha value is -3.28. The van der Waals surface area contributed by atoms with Crippen molar-refractivity contribution in [1.29, 1.82) is 0 Å². The molecule has 0 unspecified atom stereocenters. The maximum atomic E-state index is 13.6. The molecule has 0 aliphatic rings. The van der Waals surface area contributed by atoms with Crippen molar-refractivity contribution < 1.29 is 39.9 Å². The minimum atomic E-state index is -3.71. The molecule has 2 aromatic carbocycles. The number of carbonyl (C=O) groups is 1. The number of benzene rings is 2. The number of carbonyl (C=O) groups excluding carboxylic acids is 1. The molecule has 1 heterocycles. The Labute approximate surface area is 154 Å². The number of ether oxygens (including phenoxy) is 1. The standard InChI is InChI=1S/C16H8F4N2O5S/c1-28(24,25)16-22-21-14(27-16)7-2-4-8(5-3-7)15(23)26-13-11(19)9(17)6-10(18)12(13)20/h2-6H,1H3. The molecule has 146 valence electrons. The third-order valence-electron chi connectivity index (χ3n) is 3.36. The van der Waals surface area contributed by atoms with E-state index in [9.17, 15) is 30.8 Å². The highest BCUT2D eigenvalue weighted by Crippen LogP contribution is 2.27. The lowest BCUT2D eigenvalue weighted by molar-refractivity contribution is 0.0717. The van der Waals surface area contributed by atoms with Gasteiger partial charge in [0.25, 0.3) is 0 Å². The summed E-state index contributed by atoms with van der Waals surface area (Å²) in [6.45, 7) is 0. The summed E-state index contributed by atoms with van der Waals surface area (Å²) in [5.41, 5.74) is 0.00295. The number of halogens is 4. The van der Waals surface area contributed by atoms with Crippen molar-refractivity contribution >= 4 is 15.8 Å². The Morgan fingerprint density at radius 1 is 1.00 bits per heavy atom. The highest BCUT2D eigenvalue weighted by atomic mass is 32.2. The van der Waals surface area contributed by atoms with Crippen LogP contribution in [0.25, 0.3) is 11.5 Å². The number of sulfone groups is 1. The van der Waals surface area contributed by atoms with Gasteiger partial charge in [0.2, 0.25) is 33.1 Å². The van der Waals surface area contributed by atoms with Gasteiger partial charge in [0, 0.05) is 17.9 Å². The van der Waals surface area contributed by atoms with Crippen molar-refractivity contribution in [2.24, 2.45) is 0 Å². The lowest BCUT2D eigenvalue weighted by Gasteiger charge is -2.08. The SMILES string of the molecule is CS(=O)(=O)c1nnc(-c2ccc(C(=O)Oc3c(F)c(F)cc(F)c3F)cc2)o1. The monoisotopic (exact) mass is 416 g/mol. The molecule has 1 aromatic heterocycles. The second-order valence-corrected chi connectivity index (χ2v) is 7.30. The first-order valence-corrected chi connectivity index (χ1v) is 9.16. The van der Waals surface area contributed by atoms with Crippen LogP contribution in [0.5, 0.6) is 5.75 Å².